The quantitative estimate of drug-likeness (QED) is 0.600. The van der Waals surface area contributed by atoms with Gasteiger partial charge in [-0.3, -0.25) is 4.79 Å². The number of aliphatic hydroxyl groups is 1. The van der Waals surface area contributed by atoms with Crippen LogP contribution >= 0.6 is 0 Å². The summed E-state index contributed by atoms with van der Waals surface area (Å²) in [5.41, 5.74) is 6.09. The van der Waals surface area contributed by atoms with Gasteiger partial charge in [-0.25, -0.2) is 18.7 Å². The van der Waals surface area contributed by atoms with Crippen molar-refractivity contribution in [2.45, 2.75) is 65.0 Å². The van der Waals surface area contributed by atoms with Crippen LogP contribution < -0.4 is 5.73 Å². The first-order valence-electron chi connectivity index (χ1n) is 11.0. The molecule has 0 spiro atoms. The number of carbonyl (C=O) groups excluding carboxylic acids is 1. The molecule has 1 atom stereocenters. The van der Waals surface area contributed by atoms with Crippen LogP contribution in [0.1, 0.15) is 52.3 Å². The number of nitrogens with zero attached hydrogens (tertiary/aromatic N) is 5. The van der Waals surface area contributed by atoms with Crippen LogP contribution in [0.15, 0.2) is 12.1 Å². The average Bonchev–Trinajstić information content (AvgIpc) is 3.18. The Bertz CT molecular complexity index is 1110. The van der Waals surface area contributed by atoms with Crippen molar-refractivity contribution in [2.75, 3.05) is 12.8 Å². The molecule has 1 aliphatic rings. The van der Waals surface area contributed by atoms with Gasteiger partial charge < -0.3 is 15.7 Å². The summed E-state index contributed by atoms with van der Waals surface area (Å²) in [6, 6.07) is 1.95. The molecule has 2 heterocycles. The molecule has 1 saturated carbocycles. The Kier molecular flexibility index (Phi) is 7.22. The largest absolute Gasteiger partial charge is 0.393 e. The second-order valence-electron chi connectivity index (χ2n) is 8.03. The minimum atomic E-state index is -0.802. The van der Waals surface area contributed by atoms with Crippen LogP contribution in [-0.2, 0) is 11.2 Å². The van der Waals surface area contributed by atoms with Crippen molar-refractivity contribution in [1.29, 1.82) is 0 Å². The molecular formula is C22H30F2N6O2. The van der Waals surface area contributed by atoms with Gasteiger partial charge in [-0.1, -0.05) is 13.8 Å². The molecule has 32 heavy (non-hydrogen) atoms. The zero-order chi connectivity index (χ0) is 23.6. The van der Waals surface area contributed by atoms with Crippen molar-refractivity contribution < 1.29 is 18.7 Å². The zero-order valence-electron chi connectivity index (χ0n) is 18.8. The van der Waals surface area contributed by atoms with Gasteiger partial charge >= 0.3 is 0 Å². The van der Waals surface area contributed by atoms with E-state index in [0.717, 1.165) is 18.9 Å². The maximum Gasteiger partial charge on any atom is 0.225 e. The highest BCUT2D eigenvalue weighted by molar-refractivity contribution is 5.92. The van der Waals surface area contributed by atoms with Crippen LogP contribution in [0.25, 0.3) is 16.6 Å². The molecule has 2 aromatic heterocycles. The molecule has 1 aromatic carbocycles. The SMILES string of the molecule is CC.C[C@@H](CCCc1nc2c3cc(F)cc(F)c3nc(N)n2n1)N(C)C(=O)C1CC(O)C1. The van der Waals surface area contributed by atoms with Crippen LogP contribution in [-0.4, -0.2) is 54.7 Å². The number of nitrogens with two attached hydrogens (primary N) is 1. The number of halogens is 2. The standard InChI is InChI=1S/C20H24F2N6O2.C2H6/c1-10(27(2)19(30)11-6-13(29)7-11)4-3-5-16-24-18-14-8-12(21)9-15(22)17(14)25-20(23)28(18)26-16;1-2/h8-11,13,29H,3-7H2,1-2H3,(H2,23,25);1-2H3/t10-,11?,13?;/m0./s1. The lowest BCUT2D eigenvalue weighted by atomic mass is 9.81. The summed E-state index contributed by atoms with van der Waals surface area (Å²) in [4.78, 5) is 22.5. The number of nitrogen functional groups attached to an aromatic ring is 1. The van der Waals surface area contributed by atoms with Crippen molar-refractivity contribution in [3.8, 4) is 0 Å². The molecule has 0 aliphatic heterocycles. The number of aliphatic hydroxyl groups excluding tert-OH is 1. The third kappa shape index (κ3) is 4.64. The normalized spacial score (nSPS) is 18.7. The van der Waals surface area contributed by atoms with E-state index in [4.69, 9.17) is 5.73 Å². The van der Waals surface area contributed by atoms with Gasteiger partial charge in [-0.05, 0) is 38.7 Å². The topological polar surface area (TPSA) is 110 Å². The lowest BCUT2D eigenvalue weighted by Gasteiger charge is -2.35. The van der Waals surface area contributed by atoms with E-state index in [1.165, 1.54) is 10.6 Å². The van der Waals surface area contributed by atoms with Gasteiger partial charge in [-0.15, -0.1) is 5.10 Å². The number of benzene rings is 1. The van der Waals surface area contributed by atoms with E-state index in [0.29, 0.717) is 25.1 Å². The van der Waals surface area contributed by atoms with Gasteiger partial charge in [-0.2, -0.15) is 4.52 Å². The van der Waals surface area contributed by atoms with Crippen LogP contribution in [0.3, 0.4) is 0 Å². The Balaban J connectivity index is 0.00000141. The number of hydrogen-bond donors (Lipinski definition) is 2. The van der Waals surface area contributed by atoms with Crippen molar-refractivity contribution in [2.24, 2.45) is 5.92 Å². The third-order valence-electron chi connectivity index (χ3n) is 5.86. The van der Waals surface area contributed by atoms with Gasteiger partial charge in [0, 0.05) is 31.5 Å². The maximum atomic E-state index is 14.0. The Morgan fingerprint density at radius 1 is 1.31 bits per heavy atom. The summed E-state index contributed by atoms with van der Waals surface area (Å²) >= 11 is 0. The molecule has 174 valence electrons. The first-order chi connectivity index (χ1) is 15.2. The van der Waals surface area contributed by atoms with Crippen molar-refractivity contribution >= 4 is 28.4 Å². The Hall–Kier alpha value is -2.88. The second-order valence-corrected chi connectivity index (χ2v) is 8.03. The second kappa shape index (κ2) is 9.72. The first-order valence-corrected chi connectivity index (χ1v) is 11.0. The van der Waals surface area contributed by atoms with Crippen LogP contribution in [0, 0.1) is 17.6 Å². The summed E-state index contributed by atoms with van der Waals surface area (Å²) in [5.74, 6) is -1.08. The number of hydrogen-bond acceptors (Lipinski definition) is 6. The molecular weight excluding hydrogens is 418 g/mol. The average molecular weight is 449 g/mol. The fourth-order valence-electron chi connectivity index (χ4n) is 3.85. The highest BCUT2D eigenvalue weighted by atomic mass is 19.1. The first kappa shape index (κ1) is 23.8. The number of anilines is 1. The minimum absolute atomic E-state index is 0.0249. The van der Waals surface area contributed by atoms with Crippen molar-refractivity contribution in [3.05, 3.63) is 29.6 Å². The summed E-state index contributed by atoms with van der Waals surface area (Å²) in [6.45, 7) is 5.98. The Morgan fingerprint density at radius 3 is 2.66 bits per heavy atom. The van der Waals surface area contributed by atoms with Gasteiger partial charge in [0.25, 0.3) is 0 Å². The number of aryl methyl sites for hydroxylation is 1. The summed E-state index contributed by atoms with van der Waals surface area (Å²) in [5, 5.41) is 13.9. The van der Waals surface area contributed by atoms with Crippen molar-refractivity contribution in [3.63, 3.8) is 0 Å². The van der Waals surface area contributed by atoms with E-state index in [2.05, 4.69) is 15.1 Å². The van der Waals surface area contributed by atoms with Gasteiger partial charge in [0.1, 0.15) is 11.3 Å². The number of amides is 1. The molecule has 8 nitrogen and oxygen atoms in total. The monoisotopic (exact) mass is 448 g/mol. The highest BCUT2D eigenvalue weighted by Crippen LogP contribution is 2.29. The molecule has 1 aliphatic carbocycles. The fraction of sp³-hybridized carbons (Fsp3) is 0.545. The molecule has 3 N–H and O–H groups in total. The Morgan fingerprint density at radius 2 is 2.00 bits per heavy atom. The molecule has 10 heteroatoms. The molecule has 0 bridgehead atoms. The molecule has 1 amide bonds. The smallest absolute Gasteiger partial charge is 0.225 e. The van der Waals surface area contributed by atoms with E-state index in [1.54, 1.807) is 11.9 Å². The highest BCUT2D eigenvalue weighted by Gasteiger charge is 2.35. The van der Waals surface area contributed by atoms with Crippen LogP contribution in [0.5, 0.6) is 0 Å². The molecule has 4 rings (SSSR count). The van der Waals surface area contributed by atoms with E-state index in [-0.39, 0.29) is 46.5 Å². The van der Waals surface area contributed by atoms with E-state index >= 15 is 0 Å². The third-order valence-corrected chi connectivity index (χ3v) is 5.86. The van der Waals surface area contributed by atoms with E-state index < -0.39 is 11.6 Å². The van der Waals surface area contributed by atoms with E-state index in [1.807, 2.05) is 20.8 Å². The molecule has 0 radical (unpaired) electrons. The predicted octanol–water partition coefficient (Wildman–Crippen LogP) is 3.10. The lowest BCUT2D eigenvalue weighted by Crippen LogP contribution is -2.45. The lowest BCUT2D eigenvalue weighted by molar-refractivity contribution is -0.142. The molecule has 1 fully saturated rings. The molecule has 3 aromatic rings. The zero-order valence-corrected chi connectivity index (χ0v) is 18.8. The number of aromatic nitrogens is 4. The molecule has 0 saturated heterocycles. The van der Waals surface area contributed by atoms with E-state index in [9.17, 15) is 18.7 Å². The Labute approximate surface area is 185 Å². The van der Waals surface area contributed by atoms with Gasteiger partial charge in [0.05, 0.1) is 11.5 Å². The van der Waals surface area contributed by atoms with Gasteiger partial charge in [0.2, 0.25) is 11.9 Å². The predicted molar refractivity (Wildman–Crippen MR) is 118 cm³/mol. The van der Waals surface area contributed by atoms with Crippen molar-refractivity contribution in [1.82, 2.24) is 24.5 Å². The summed E-state index contributed by atoms with van der Waals surface area (Å²) in [6.07, 6.45) is 2.69. The summed E-state index contributed by atoms with van der Waals surface area (Å²) < 4.78 is 29.0. The summed E-state index contributed by atoms with van der Waals surface area (Å²) in [7, 11) is 1.78. The van der Waals surface area contributed by atoms with Crippen LogP contribution in [0.2, 0.25) is 0 Å². The number of fused-ring (bicyclic) bond motifs is 3. The number of rotatable bonds is 6. The molecule has 0 unspecified atom stereocenters. The fourth-order valence-corrected chi connectivity index (χ4v) is 3.85. The maximum absolute atomic E-state index is 14.0. The number of carbonyl (C=O) groups is 1. The van der Waals surface area contributed by atoms with Gasteiger partial charge in [0.15, 0.2) is 17.3 Å². The van der Waals surface area contributed by atoms with Crippen LogP contribution in [0.4, 0.5) is 14.7 Å². The minimum Gasteiger partial charge on any atom is -0.393 e.